The van der Waals surface area contributed by atoms with E-state index in [2.05, 4.69) is 10.0 Å². The minimum absolute atomic E-state index is 0.0711. The summed E-state index contributed by atoms with van der Waals surface area (Å²) in [6.07, 6.45) is 1.11. The second-order valence-corrected chi connectivity index (χ2v) is 7.06. The van der Waals surface area contributed by atoms with Gasteiger partial charge in [-0.1, -0.05) is 24.6 Å². The van der Waals surface area contributed by atoms with E-state index in [4.69, 9.17) is 11.6 Å². The van der Waals surface area contributed by atoms with Crippen molar-refractivity contribution in [3.63, 3.8) is 0 Å². The summed E-state index contributed by atoms with van der Waals surface area (Å²) in [5.41, 5.74) is 0.859. The zero-order chi connectivity index (χ0) is 16.9. The van der Waals surface area contributed by atoms with Crippen LogP contribution in [0.5, 0.6) is 0 Å². The Morgan fingerprint density at radius 2 is 1.78 bits per heavy atom. The van der Waals surface area contributed by atoms with E-state index in [0.29, 0.717) is 22.8 Å². The van der Waals surface area contributed by atoms with Gasteiger partial charge in [-0.3, -0.25) is 9.52 Å². The zero-order valence-electron chi connectivity index (χ0n) is 12.5. The summed E-state index contributed by atoms with van der Waals surface area (Å²) in [7, 11) is -3.74. The molecule has 122 valence electrons. The van der Waals surface area contributed by atoms with Gasteiger partial charge in [0.05, 0.1) is 4.90 Å². The number of carbonyl (C=O) groups excluding carboxylic acids is 1. The standard InChI is InChI=1S/C16H17ClN2O3S/c1-2-4-16(20)18-14-5-3-6-15(11-14)23(21,22)19-13-9-7-12(17)8-10-13/h3,5-11,19H,2,4H2,1H3,(H,18,20). The predicted molar refractivity (Wildman–Crippen MR) is 92.2 cm³/mol. The van der Waals surface area contributed by atoms with Crippen LogP contribution < -0.4 is 10.0 Å². The van der Waals surface area contributed by atoms with Gasteiger partial charge in [0.1, 0.15) is 0 Å². The number of hydrogen-bond acceptors (Lipinski definition) is 3. The fourth-order valence-electron chi connectivity index (χ4n) is 1.92. The van der Waals surface area contributed by atoms with Gasteiger partial charge < -0.3 is 5.32 Å². The second-order valence-electron chi connectivity index (χ2n) is 4.94. The number of carbonyl (C=O) groups is 1. The number of rotatable bonds is 6. The molecule has 0 saturated heterocycles. The summed E-state index contributed by atoms with van der Waals surface area (Å²) < 4.78 is 27.3. The first kappa shape index (κ1) is 17.3. The van der Waals surface area contributed by atoms with Crippen LogP contribution in [0.25, 0.3) is 0 Å². The number of sulfonamides is 1. The maximum Gasteiger partial charge on any atom is 0.261 e. The molecule has 7 heteroatoms. The molecule has 2 aromatic rings. The van der Waals surface area contributed by atoms with Crippen molar-refractivity contribution in [2.24, 2.45) is 0 Å². The van der Waals surface area contributed by atoms with Crippen LogP contribution in [0.2, 0.25) is 5.02 Å². The van der Waals surface area contributed by atoms with Crippen LogP contribution in [-0.2, 0) is 14.8 Å². The van der Waals surface area contributed by atoms with Crippen LogP contribution in [0.1, 0.15) is 19.8 Å². The lowest BCUT2D eigenvalue weighted by Crippen LogP contribution is -2.14. The summed E-state index contributed by atoms with van der Waals surface area (Å²) in [6.45, 7) is 1.90. The summed E-state index contributed by atoms with van der Waals surface area (Å²) >= 11 is 5.78. The van der Waals surface area contributed by atoms with Crippen molar-refractivity contribution in [1.29, 1.82) is 0 Å². The van der Waals surface area contributed by atoms with Gasteiger partial charge in [0, 0.05) is 22.8 Å². The lowest BCUT2D eigenvalue weighted by molar-refractivity contribution is -0.116. The monoisotopic (exact) mass is 352 g/mol. The Morgan fingerprint density at radius 1 is 1.09 bits per heavy atom. The van der Waals surface area contributed by atoms with Crippen molar-refractivity contribution < 1.29 is 13.2 Å². The molecular formula is C16H17ClN2O3S. The molecule has 5 nitrogen and oxygen atoms in total. The Bertz CT molecular complexity index is 789. The molecule has 0 fully saturated rings. The smallest absolute Gasteiger partial charge is 0.261 e. The fraction of sp³-hybridized carbons (Fsp3) is 0.188. The molecule has 0 unspecified atom stereocenters. The number of halogens is 1. The summed E-state index contributed by atoms with van der Waals surface area (Å²) in [4.78, 5) is 11.7. The van der Waals surface area contributed by atoms with E-state index in [1.165, 1.54) is 12.1 Å². The minimum atomic E-state index is -3.74. The van der Waals surface area contributed by atoms with Gasteiger partial charge in [0.2, 0.25) is 5.91 Å². The van der Waals surface area contributed by atoms with Gasteiger partial charge in [-0.05, 0) is 48.9 Å². The SMILES string of the molecule is CCCC(=O)Nc1cccc(S(=O)(=O)Nc2ccc(Cl)cc2)c1. The van der Waals surface area contributed by atoms with E-state index in [1.54, 1.807) is 36.4 Å². The summed E-state index contributed by atoms with van der Waals surface area (Å²) in [5.74, 6) is -0.146. The topological polar surface area (TPSA) is 75.3 Å². The number of hydrogen-bond donors (Lipinski definition) is 2. The first-order chi connectivity index (χ1) is 10.9. The first-order valence-electron chi connectivity index (χ1n) is 7.09. The molecule has 0 aromatic heterocycles. The molecule has 1 amide bonds. The predicted octanol–water partition coefficient (Wildman–Crippen LogP) is 3.88. The van der Waals surface area contributed by atoms with E-state index in [-0.39, 0.29) is 10.8 Å². The van der Waals surface area contributed by atoms with Crippen LogP contribution >= 0.6 is 11.6 Å². The fourth-order valence-corrected chi connectivity index (χ4v) is 3.15. The van der Waals surface area contributed by atoms with Crippen molar-refractivity contribution in [2.75, 3.05) is 10.0 Å². The highest BCUT2D eigenvalue weighted by Gasteiger charge is 2.15. The Labute approximate surface area is 140 Å². The Balaban J connectivity index is 2.19. The zero-order valence-corrected chi connectivity index (χ0v) is 14.1. The molecule has 2 N–H and O–H groups in total. The van der Waals surface area contributed by atoms with Gasteiger partial charge in [0.25, 0.3) is 10.0 Å². The summed E-state index contributed by atoms with van der Waals surface area (Å²) in [6, 6.07) is 12.5. The average Bonchev–Trinajstić information content (AvgIpc) is 2.50. The van der Waals surface area contributed by atoms with Crippen molar-refractivity contribution in [3.05, 3.63) is 53.6 Å². The lowest BCUT2D eigenvalue weighted by atomic mass is 10.3. The van der Waals surface area contributed by atoms with Crippen LogP contribution in [0.15, 0.2) is 53.4 Å². The van der Waals surface area contributed by atoms with E-state index >= 15 is 0 Å². The second kappa shape index (κ2) is 7.48. The van der Waals surface area contributed by atoms with Gasteiger partial charge in [-0.25, -0.2) is 8.42 Å². The Hall–Kier alpha value is -2.05. The first-order valence-corrected chi connectivity index (χ1v) is 8.95. The van der Waals surface area contributed by atoms with Crippen molar-refractivity contribution in [2.45, 2.75) is 24.7 Å². The molecule has 0 bridgehead atoms. The third-order valence-electron chi connectivity index (χ3n) is 3.00. The highest BCUT2D eigenvalue weighted by molar-refractivity contribution is 7.92. The van der Waals surface area contributed by atoms with Crippen LogP contribution in [-0.4, -0.2) is 14.3 Å². The molecular weight excluding hydrogens is 336 g/mol. The highest BCUT2D eigenvalue weighted by atomic mass is 35.5. The lowest BCUT2D eigenvalue weighted by Gasteiger charge is -2.10. The van der Waals surface area contributed by atoms with Gasteiger partial charge in [-0.15, -0.1) is 0 Å². The van der Waals surface area contributed by atoms with E-state index in [9.17, 15) is 13.2 Å². The average molecular weight is 353 g/mol. The van der Waals surface area contributed by atoms with Crippen molar-refractivity contribution >= 4 is 38.9 Å². The number of anilines is 2. The third kappa shape index (κ3) is 4.97. The van der Waals surface area contributed by atoms with E-state index in [1.807, 2.05) is 6.92 Å². The highest BCUT2D eigenvalue weighted by Crippen LogP contribution is 2.20. The maximum atomic E-state index is 12.4. The molecule has 0 spiro atoms. The van der Waals surface area contributed by atoms with Crippen LogP contribution in [0.4, 0.5) is 11.4 Å². The number of benzene rings is 2. The van der Waals surface area contributed by atoms with E-state index in [0.717, 1.165) is 6.42 Å². The van der Waals surface area contributed by atoms with E-state index < -0.39 is 10.0 Å². The molecule has 0 heterocycles. The van der Waals surface area contributed by atoms with Gasteiger partial charge >= 0.3 is 0 Å². The third-order valence-corrected chi connectivity index (χ3v) is 4.63. The minimum Gasteiger partial charge on any atom is -0.326 e. The molecule has 23 heavy (non-hydrogen) atoms. The largest absolute Gasteiger partial charge is 0.326 e. The van der Waals surface area contributed by atoms with Crippen LogP contribution in [0.3, 0.4) is 0 Å². The molecule has 2 aromatic carbocycles. The van der Waals surface area contributed by atoms with Crippen LogP contribution in [0, 0.1) is 0 Å². The van der Waals surface area contributed by atoms with Gasteiger partial charge in [-0.2, -0.15) is 0 Å². The summed E-state index contributed by atoms with van der Waals surface area (Å²) in [5, 5.41) is 3.20. The number of nitrogens with one attached hydrogen (secondary N) is 2. The molecule has 2 rings (SSSR count). The molecule has 0 saturated carbocycles. The quantitative estimate of drug-likeness (QED) is 0.828. The Kier molecular flexibility index (Phi) is 5.63. The molecule has 0 radical (unpaired) electrons. The van der Waals surface area contributed by atoms with Crippen molar-refractivity contribution in [1.82, 2.24) is 0 Å². The molecule has 0 aliphatic heterocycles. The number of amides is 1. The normalized spacial score (nSPS) is 11.0. The maximum absolute atomic E-state index is 12.4. The van der Waals surface area contributed by atoms with Crippen molar-refractivity contribution in [3.8, 4) is 0 Å². The molecule has 0 atom stereocenters. The molecule has 0 aliphatic carbocycles. The Morgan fingerprint density at radius 3 is 2.43 bits per heavy atom. The molecule has 0 aliphatic rings. The van der Waals surface area contributed by atoms with Gasteiger partial charge in [0.15, 0.2) is 0 Å².